The molecule has 1 aromatic rings. The molecule has 0 bridgehead atoms. The van der Waals surface area contributed by atoms with Gasteiger partial charge in [0.05, 0.1) is 24.0 Å². The molecule has 0 saturated carbocycles. The summed E-state index contributed by atoms with van der Waals surface area (Å²) in [6.07, 6.45) is 0. The molecular formula is C8H9ClO4P2. The van der Waals surface area contributed by atoms with Crippen molar-refractivity contribution in [2.45, 2.75) is 6.92 Å². The molecule has 0 fully saturated rings. The lowest BCUT2D eigenvalue weighted by atomic mass is 10.1. The summed E-state index contributed by atoms with van der Waals surface area (Å²) in [6, 6.07) is 1.42. The van der Waals surface area contributed by atoms with E-state index in [4.69, 9.17) is 25.8 Å². The van der Waals surface area contributed by atoms with Crippen LogP contribution in [0.4, 0.5) is 0 Å². The van der Waals surface area contributed by atoms with Crippen molar-refractivity contribution in [2.24, 2.45) is 0 Å². The molecule has 0 saturated heterocycles. The van der Waals surface area contributed by atoms with E-state index in [2.05, 4.69) is 0 Å². The number of aromatic carboxylic acids is 1. The van der Waals surface area contributed by atoms with E-state index >= 15 is 0 Å². The molecule has 1 aromatic carbocycles. The van der Waals surface area contributed by atoms with Gasteiger partial charge in [0.2, 0.25) is 0 Å². The molecule has 0 radical (unpaired) electrons. The first-order valence-electron chi connectivity index (χ1n) is 3.82. The first-order chi connectivity index (χ1) is 7.02. The zero-order valence-electron chi connectivity index (χ0n) is 7.78. The molecule has 0 aliphatic carbocycles. The van der Waals surface area contributed by atoms with Gasteiger partial charge in [-0.25, -0.2) is 4.79 Å². The van der Waals surface area contributed by atoms with E-state index in [1.54, 1.807) is 6.92 Å². The van der Waals surface area contributed by atoms with Crippen molar-refractivity contribution < 1.29 is 18.9 Å². The number of carboxylic acids is 1. The van der Waals surface area contributed by atoms with Crippen molar-refractivity contribution in [3.05, 3.63) is 22.2 Å². The van der Waals surface area contributed by atoms with Crippen molar-refractivity contribution in [3.8, 4) is 11.5 Å². The lowest BCUT2D eigenvalue weighted by Gasteiger charge is -2.12. The van der Waals surface area contributed by atoms with Gasteiger partial charge in [0.1, 0.15) is 17.1 Å². The maximum Gasteiger partial charge on any atom is 0.339 e. The zero-order chi connectivity index (χ0) is 11.6. The van der Waals surface area contributed by atoms with Gasteiger partial charge < -0.3 is 14.2 Å². The summed E-state index contributed by atoms with van der Waals surface area (Å²) in [7, 11) is 4.03. The number of hydrogen-bond donors (Lipinski definition) is 1. The van der Waals surface area contributed by atoms with Gasteiger partial charge in [-0.3, -0.25) is 0 Å². The minimum absolute atomic E-state index is 0.0285. The average Bonchev–Trinajstić information content (AvgIpc) is 2.20. The van der Waals surface area contributed by atoms with E-state index in [9.17, 15) is 4.79 Å². The Morgan fingerprint density at radius 2 is 1.93 bits per heavy atom. The normalized spacial score (nSPS) is 9.87. The molecule has 0 heterocycles. The van der Waals surface area contributed by atoms with Crippen molar-refractivity contribution >= 4 is 36.5 Å². The molecule has 2 unspecified atom stereocenters. The number of benzene rings is 1. The summed E-state index contributed by atoms with van der Waals surface area (Å²) < 4.78 is 9.78. The molecule has 0 aromatic heterocycles. The minimum Gasteiger partial charge on any atom is -0.479 e. The molecule has 2 atom stereocenters. The Morgan fingerprint density at radius 1 is 1.40 bits per heavy atom. The molecule has 4 nitrogen and oxygen atoms in total. The van der Waals surface area contributed by atoms with Crippen LogP contribution in [0.3, 0.4) is 0 Å². The van der Waals surface area contributed by atoms with E-state index in [1.807, 2.05) is 18.9 Å². The molecule has 82 valence electrons. The van der Waals surface area contributed by atoms with E-state index in [-0.39, 0.29) is 16.3 Å². The summed E-state index contributed by atoms with van der Waals surface area (Å²) in [5.41, 5.74) is 0.433. The van der Waals surface area contributed by atoms with Gasteiger partial charge in [0.15, 0.2) is 0 Å². The first kappa shape index (κ1) is 12.5. The fourth-order valence-electron chi connectivity index (χ4n) is 1.18. The third kappa shape index (κ3) is 2.34. The average molecular weight is 267 g/mol. The van der Waals surface area contributed by atoms with Gasteiger partial charge in [-0.05, 0) is 12.5 Å². The maximum absolute atomic E-state index is 11.0. The second kappa shape index (κ2) is 4.98. The fraction of sp³-hybridized carbons (Fsp3) is 0.125. The molecule has 0 aliphatic heterocycles. The van der Waals surface area contributed by atoms with E-state index < -0.39 is 5.97 Å². The van der Waals surface area contributed by atoms with E-state index in [0.29, 0.717) is 11.3 Å². The molecule has 0 amide bonds. The molecule has 1 N–H and O–H groups in total. The zero-order valence-corrected chi connectivity index (χ0v) is 10.8. The third-order valence-corrected chi connectivity index (χ3v) is 2.87. The van der Waals surface area contributed by atoms with Crippen LogP contribution < -0.4 is 9.05 Å². The molecule has 0 aliphatic rings. The Kier molecular flexibility index (Phi) is 4.15. The number of rotatable bonds is 3. The van der Waals surface area contributed by atoms with E-state index in [1.165, 1.54) is 6.07 Å². The molecule has 7 heteroatoms. The maximum atomic E-state index is 11.0. The van der Waals surface area contributed by atoms with Crippen LogP contribution in [0.25, 0.3) is 0 Å². The minimum atomic E-state index is -1.10. The van der Waals surface area contributed by atoms with Gasteiger partial charge in [-0.1, -0.05) is 11.6 Å². The second-order valence-corrected chi connectivity index (χ2v) is 3.58. The Morgan fingerprint density at radius 3 is 2.33 bits per heavy atom. The smallest absolute Gasteiger partial charge is 0.339 e. The number of carboxylic acid groups (broad SMARTS) is 1. The predicted molar refractivity (Wildman–Crippen MR) is 63.8 cm³/mol. The number of hydrogen-bond acceptors (Lipinski definition) is 3. The summed E-state index contributed by atoms with van der Waals surface area (Å²) in [5.74, 6) is -0.560. The topological polar surface area (TPSA) is 55.8 Å². The van der Waals surface area contributed by atoms with Gasteiger partial charge in [0.25, 0.3) is 0 Å². The van der Waals surface area contributed by atoms with Crippen molar-refractivity contribution in [2.75, 3.05) is 0 Å². The van der Waals surface area contributed by atoms with Crippen LogP contribution in [-0.4, -0.2) is 11.1 Å². The largest absolute Gasteiger partial charge is 0.479 e. The lowest BCUT2D eigenvalue weighted by molar-refractivity contribution is 0.0694. The summed E-state index contributed by atoms with van der Waals surface area (Å²) in [4.78, 5) is 11.0. The Bertz CT molecular complexity index is 408. The van der Waals surface area contributed by atoms with Crippen molar-refractivity contribution in [1.29, 1.82) is 0 Å². The summed E-state index contributed by atoms with van der Waals surface area (Å²) >= 11 is 5.91. The van der Waals surface area contributed by atoms with Crippen molar-refractivity contribution in [3.63, 3.8) is 0 Å². The SMILES string of the molecule is Cc1c(Cl)c(OP)cc(OP)c1C(=O)O. The highest BCUT2D eigenvalue weighted by Gasteiger charge is 2.20. The van der Waals surface area contributed by atoms with Crippen LogP contribution in [0.2, 0.25) is 5.02 Å². The van der Waals surface area contributed by atoms with Crippen LogP contribution >= 0.6 is 30.5 Å². The second-order valence-electron chi connectivity index (χ2n) is 2.73. The molecular weight excluding hydrogens is 257 g/mol. The number of halogens is 1. The van der Waals surface area contributed by atoms with Crippen LogP contribution in [0.15, 0.2) is 6.07 Å². The number of carbonyl (C=O) groups is 1. The van der Waals surface area contributed by atoms with E-state index in [0.717, 1.165) is 0 Å². The standard InChI is InChI=1S/C8H9ClO4P2/c1-3-6(8(10)11)4(12-14)2-5(13-15)7(3)9/h2H,14-15H2,1H3,(H,10,11). The van der Waals surface area contributed by atoms with Crippen LogP contribution in [0.5, 0.6) is 11.5 Å². The van der Waals surface area contributed by atoms with Gasteiger partial charge in [-0.15, -0.1) is 0 Å². The van der Waals surface area contributed by atoms with Crippen LogP contribution in [0.1, 0.15) is 15.9 Å². The Balaban J connectivity index is 3.51. The first-order valence-corrected chi connectivity index (χ1v) is 5.14. The monoisotopic (exact) mass is 266 g/mol. The Labute approximate surface area is 96.5 Å². The van der Waals surface area contributed by atoms with Crippen molar-refractivity contribution in [1.82, 2.24) is 0 Å². The third-order valence-electron chi connectivity index (χ3n) is 1.90. The van der Waals surface area contributed by atoms with Gasteiger partial charge >= 0.3 is 5.97 Å². The molecule has 15 heavy (non-hydrogen) atoms. The lowest BCUT2D eigenvalue weighted by Crippen LogP contribution is -2.03. The quantitative estimate of drug-likeness (QED) is 0.855. The molecule has 1 rings (SSSR count). The highest BCUT2D eigenvalue weighted by molar-refractivity contribution is 7.10. The van der Waals surface area contributed by atoms with Crippen LogP contribution in [-0.2, 0) is 0 Å². The molecule has 0 spiro atoms. The highest BCUT2D eigenvalue weighted by atomic mass is 35.5. The predicted octanol–water partition coefficient (Wildman–Crippen LogP) is 2.68. The van der Waals surface area contributed by atoms with Crippen LogP contribution in [0, 0.1) is 6.92 Å². The fourth-order valence-corrected chi connectivity index (χ4v) is 1.82. The van der Waals surface area contributed by atoms with Gasteiger partial charge in [-0.2, -0.15) is 0 Å². The Hall–Kier alpha value is -0.560. The summed E-state index contributed by atoms with van der Waals surface area (Å²) in [6.45, 7) is 1.59. The van der Waals surface area contributed by atoms with Gasteiger partial charge in [0, 0.05) is 6.07 Å². The highest BCUT2D eigenvalue weighted by Crippen LogP contribution is 2.38. The summed E-state index contributed by atoms with van der Waals surface area (Å²) in [5, 5.41) is 9.23.